The number of piperidine rings is 2. The molecular weight excluding hydrogens is 308 g/mol. The first kappa shape index (κ1) is 16.9. The van der Waals surface area contributed by atoms with E-state index in [-0.39, 0.29) is 11.8 Å². The molecule has 2 aliphatic heterocycles. The van der Waals surface area contributed by atoms with Crippen LogP contribution in [0.1, 0.15) is 55.1 Å². The summed E-state index contributed by atoms with van der Waals surface area (Å²) in [6, 6.07) is 0.306. The third kappa shape index (κ3) is 4.31. The summed E-state index contributed by atoms with van der Waals surface area (Å²) in [7, 11) is 0. The predicted molar refractivity (Wildman–Crippen MR) is 88.5 cm³/mol. The second-order valence-electron chi connectivity index (χ2n) is 6.51. The van der Waals surface area contributed by atoms with E-state index in [1.807, 2.05) is 4.90 Å². The molecule has 2 saturated heterocycles. The van der Waals surface area contributed by atoms with Gasteiger partial charge in [0, 0.05) is 26.1 Å². The van der Waals surface area contributed by atoms with E-state index in [2.05, 4.69) is 20.9 Å². The molecule has 3 heterocycles. The van der Waals surface area contributed by atoms with E-state index >= 15 is 0 Å². The van der Waals surface area contributed by atoms with E-state index in [4.69, 9.17) is 0 Å². The Bertz CT molecular complexity index is 561. The Balaban J connectivity index is 1.43. The molecule has 0 atom stereocenters. The van der Waals surface area contributed by atoms with E-state index in [1.165, 1.54) is 6.42 Å². The van der Waals surface area contributed by atoms with Crippen LogP contribution in [0.5, 0.6) is 0 Å². The Morgan fingerprint density at radius 1 is 1.21 bits per heavy atom. The molecule has 2 fully saturated rings. The molecule has 132 valence electrons. The van der Waals surface area contributed by atoms with Gasteiger partial charge in [0.1, 0.15) is 0 Å². The van der Waals surface area contributed by atoms with E-state index in [9.17, 15) is 9.59 Å². The number of aromatic nitrogens is 3. The van der Waals surface area contributed by atoms with Crippen molar-refractivity contribution >= 4 is 11.8 Å². The van der Waals surface area contributed by atoms with Crippen LogP contribution >= 0.6 is 0 Å². The van der Waals surface area contributed by atoms with E-state index in [0.29, 0.717) is 24.7 Å². The molecule has 0 bridgehead atoms. The lowest BCUT2D eigenvalue weighted by Crippen LogP contribution is -2.37. The van der Waals surface area contributed by atoms with Crippen molar-refractivity contribution in [2.75, 3.05) is 32.7 Å². The molecular formula is C16H26N6O2. The lowest BCUT2D eigenvalue weighted by molar-refractivity contribution is -0.131. The van der Waals surface area contributed by atoms with Crippen LogP contribution in [0.25, 0.3) is 0 Å². The molecule has 24 heavy (non-hydrogen) atoms. The number of nitrogens with one attached hydrogen (secondary N) is 2. The van der Waals surface area contributed by atoms with Gasteiger partial charge in [0.05, 0.1) is 12.2 Å². The van der Waals surface area contributed by atoms with Gasteiger partial charge < -0.3 is 15.5 Å². The van der Waals surface area contributed by atoms with Crippen molar-refractivity contribution in [1.29, 1.82) is 0 Å². The summed E-state index contributed by atoms with van der Waals surface area (Å²) in [6.45, 7) is 3.96. The van der Waals surface area contributed by atoms with Crippen molar-refractivity contribution in [3.8, 4) is 0 Å². The summed E-state index contributed by atoms with van der Waals surface area (Å²) < 4.78 is 1.79. The Morgan fingerprint density at radius 2 is 1.96 bits per heavy atom. The number of hydrogen-bond donors (Lipinski definition) is 2. The van der Waals surface area contributed by atoms with Gasteiger partial charge >= 0.3 is 0 Å². The highest BCUT2D eigenvalue weighted by atomic mass is 16.2. The number of rotatable bonds is 5. The smallest absolute Gasteiger partial charge is 0.273 e. The minimum absolute atomic E-state index is 0.119. The molecule has 2 amide bonds. The average molecular weight is 334 g/mol. The summed E-state index contributed by atoms with van der Waals surface area (Å²) in [5.74, 6) is -0.144. The van der Waals surface area contributed by atoms with Gasteiger partial charge in [-0.2, -0.15) is 0 Å². The number of amides is 2. The summed E-state index contributed by atoms with van der Waals surface area (Å²) in [5.41, 5.74) is 0.318. The zero-order valence-corrected chi connectivity index (χ0v) is 14.0. The van der Waals surface area contributed by atoms with Crippen LogP contribution in [-0.4, -0.2) is 64.4 Å². The minimum Gasteiger partial charge on any atom is -0.350 e. The molecule has 0 saturated carbocycles. The minimum atomic E-state index is -0.262. The van der Waals surface area contributed by atoms with Gasteiger partial charge in [-0.05, 0) is 45.2 Å². The Labute approximate surface area is 142 Å². The van der Waals surface area contributed by atoms with Crippen LogP contribution in [0.15, 0.2) is 6.20 Å². The van der Waals surface area contributed by atoms with Crippen LogP contribution in [-0.2, 0) is 4.79 Å². The van der Waals surface area contributed by atoms with Crippen LogP contribution in [0, 0.1) is 0 Å². The van der Waals surface area contributed by atoms with Crippen molar-refractivity contribution < 1.29 is 9.59 Å². The number of hydrogen-bond acceptors (Lipinski definition) is 5. The van der Waals surface area contributed by atoms with Gasteiger partial charge in [0.15, 0.2) is 5.69 Å². The van der Waals surface area contributed by atoms with E-state index < -0.39 is 0 Å². The highest BCUT2D eigenvalue weighted by Gasteiger charge is 2.19. The van der Waals surface area contributed by atoms with E-state index in [0.717, 1.165) is 51.9 Å². The number of carbonyl (C=O) groups is 2. The van der Waals surface area contributed by atoms with Crippen molar-refractivity contribution in [1.82, 2.24) is 30.5 Å². The molecule has 8 nitrogen and oxygen atoms in total. The average Bonchev–Trinajstić information content (AvgIpc) is 3.13. The summed E-state index contributed by atoms with van der Waals surface area (Å²) >= 11 is 0. The summed E-state index contributed by atoms with van der Waals surface area (Å²) in [6.07, 6.45) is 7.40. The molecule has 0 radical (unpaired) electrons. The fourth-order valence-electron chi connectivity index (χ4n) is 3.31. The van der Waals surface area contributed by atoms with Gasteiger partial charge in [0.25, 0.3) is 5.91 Å². The zero-order valence-electron chi connectivity index (χ0n) is 14.0. The molecule has 0 spiro atoms. The molecule has 0 aliphatic carbocycles. The molecule has 0 aromatic carbocycles. The quantitative estimate of drug-likeness (QED) is 0.810. The fraction of sp³-hybridized carbons (Fsp3) is 0.750. The Hall–Kier alpha value is -1.96. The number of likely N-dealkylation sites (tertiary alicyclic amines) is 1. The first-order chi connectivity index (χ1) is 11.7. The molecule has 2 aliphatic rings. The largest absolute Gasteiger partial charge is 0.350 e. The first-order valence-electron chi connectivity index (χ1n) is 8.92. The van der Waals surface area contributed by atoms with Gasteiger partial charge in [-0.3, -0.25) is 9.59 Å². The van der Waals surface area contributed by atoms with Crippen molar-refractivity contribution in [3.63, 3.8) is 0 Å². The second-order valence-corrected chi connectivity index (χ2v) is 6.51. The lowest BCUT2D eigenvalue weighted by atomic mass is 10.1. The van der Waals surface area contributed by atoms with Gasteiger partial charge in [-0.1, -0.05) is 5.21 Å². The molecule has 0 unspecified atom stereocenters. The SMILES string of the molecule is O=C(NCCC(=O)N1CCCCC1)c1cn(C2CCNCC2)nn1. The normalized spacial score (nSPS) is 19.2. The van der Waals surface area contributed by atoms with Crippen LogP contribution < -0.4 is 10.6 Å². The third-order valence-corrected chi connectivity index (χ3v) is 4.76. The van der Waals surface area contributed by atoms with Gasteiger partial charge in [0.2, 0.25) is 5.91 Å². The lowest BCUT2D eigenvalue weighted by Gasteiger charge is -2.26. The van der Waals surface area contributed by atoms with Crippen LogP contribution in [0.3, 0.4) is 0 Å². The molecule has 8 heteroatoms. The highest BCUT2D eigenvalue weighted by molar-refractivity contribution is 5.92. The van der Waals surface area contributed by atoms with Crippen LogP contribution in [0.2, 0.25) is 0 Å². The highest BCUT2D eigenvalue weighted by Crippen LogP contribution is 2.17. The monoisotopic (exact) mass is 334 g/mol. The number of nitrogens with zero attached hydrogens (tertiary/aromatic N) is 4. The predicted octanol–water partition coefficient (Wildman–Crippen LogP) is 0.335. The summed E-state index contributed by atoms with van der Waals surface area (Å²) in [4.78, 5) is 26.1. The maximum Gasteiger partial charge on any atom is 0.273 e. The maximum atomic E-state index is 12.1. The zero-order chi connectivity index (χ0) is 16.8. The second kappa shape index (κ2) is 8.23. The van der Waals surface area contributed by atoms with Gasteiger partial charge in [-0.15, -0.1) is 5.10 Å². The number of carbonyl (C=O) groups excluding carboxylic acids is 2. The standard InChI is InChI=1S/C16H26N6O2/c23-15(21-10-2-1-3-11-21)6-9-18-16(24)14-12-22(20-19-14)13-4-7-17-8-5-13/h12-13,17H,1-11H2,(H,18,24). The fourth-order valence-corrected chi connectivity index (χ4v) is 3.31. The molecule has 2 N–H and O–H groups in total. The topological polar surface area (TPSA) is 92.2 Å². The van der Waals surface area contributed by atoms with Gasteiger partial charge in [-0.25, -0.2) is 4.68 Å². The van der Waals surface area contributed by atoms with Crippen molar-refractivity contribution in [2.24, 2.45) is 0 Å². The van der Waals surface area contributed by atoms with Crippen LogP contribution in [0.4, 0.5) is 0 Å². The third-order valence-electron chi connectivity index (χ3n) is 4.76. The summed E-state index contributed by atoms with van der Waals surface area (Å²) in [5, 5.41) is 14.1. The Kier molecular flexibility index (Phi) is 5.79. The molecule has 1 aromatic heterocycles. The molecule has 3 rings (SSSR count). The van der Waals surface area contributed by atoms with Crippen molar-refractivity contribution in [3.05, 3.63) is 11.9 Å². The first-order valence-corrected chi connectivity index (χ1v) is 8.92. The maximum absolute atomic E-state index is 12.1. The van der Waals surface area contributed by atoms with Crippen molar-refractivity contribution in [2.45, 2.75) is 44.6 Å². The van der Waals surface area contributed by atoms with E-state index in [1.54, 1.807) is 10.9 Å². The Morgan fingerprint density at radius 3 is 2.71 bits per heavy atom. The molecule has 1 aromatic rings.